The number of benzene rings is 1. The maximum Gasteiger partial charge on any atom is 0.412 e. The highest BCUT2D eigenvalue weighted by Gasteiger charge is 2.18. The lowest BCUT2D eigenvalue weighted by Crippen LogP contribution is -2.27. The zero-order chi connectivity index (χ0) is 20.0. The first-order chi connectivity index (χ1) is 12.7. The molecule has 2 aromatic rings. The van der Waals surface area contributed by atoms with Crippen LogP contribution in [0.4, 0.5) is 16.2 Å². The van der Waals surface area contributed by atoms with Crippen LogP contribution in [0.15, 0.2) is 36.7 Å². The van der Waals surface area contributed by atoms with Gasteiger partial charge in [0.2, 0.25) is 5.91 Å². The van der Waals surface area contributed by atoms with Crippen molar-refractivity contribution in [2.75, 3.05) is 17.7 Å². The van der Waals surface area contributed by atoms with Crippen molar-refractivity contribution in [1.29, 1.82) is 0 Å². The Morgan fingerprint density at radius 1 is 1.22 bits per heavy atom. The highest BCUT2D eigenvalue weighted by molar-refractivity contribution is 6.02. The average molecular weight is 372 g/mol. The van der Waals surface area contributed by atoms with Gasteiger partial charge in [-0.25, -0.2) is 4.79 Å². The average Bonchev–Trinajstić information content (AvgIpc) is 2.97. The molecule has 0 atom stereocenters. The first-order valence-electron chi connectivity index (χ1n) is 8.32. The van der Waals surface area contributed by atoms with Crippen molar-refractivity contribution in [3.05, 3.63) is 42.2 Å². The van der Waals surface area contributed by atoms with E-state index in [1.54, 1.807) is 69.2 Å². The maximum atomic E-state index is 12.1. The fourth-order valence-electron chi connectivity index (χ4n) is 2.18. The van der Waals surface area contributed by atoms with Crippen LogP contribution < -0.4 is 15.4 Å². The molecule has 0 aliphatic rings. The van der Waals surface area contributed by atoms with Gasteiger partial charge in [0.1, 0.15) is 11.4 Å². The molecule has 0 saturated carbocycles. The van der Waals surface area contributed by atoms with Crippen molar-refractivity contribution in [2.24, 2.45) is 7.05 Å². The molecule has 144 valence electrons. The summed E-state index contributed by atoms with van der Waals surface area (Å²) in [5.74, 6) is 0.136. The Morgan fingerprint density at radius 2 is 1.96 bits per heavy atom. The molecule has 0 spiro atoms. The van der Waals surface area contributed by atoms with Crippen LogP contribution in [-0.4, -0.2) is 34.5 Å². The number of nitrogens with zero attached hydrogens (tertiary/aromatic N) is 2. The highest BCUT2D eigenvalue weighted by Crippen LogP contribution is 2.28. The number of amides is 2. The Morgan fingerprint density at radius 3 is 2.56 bits per heavy atom. The molecule has 2 amide bonds. The summed E-state index contributed by atoms with van der Waals surface area (Å²) in [6.07, 6.45) is 5.90. The molecule has 1 aromatic heterocycles. The third-order valence-corrected chi connectivity index (χ3v) is 3.25. The summed E-state index contributed by atoms with van der Waals surface area (Å²) >= 11 is 0. The number of carbonyl (C=O) groups is 2. The minimum absolute atomic E-state index is 0.313. The second-order valence-corrected chi connectivity index (χ2v) is 6.81. The molecule has 1 heterocycles. The Kier molecular flexibility index (Phi) is 6.23. The molecular weight excluding hydrogens is 348 g/mol. The lowest BCUT2D eigenvalue weighted by Gasteiger charge is -2.20. The second kappa shape index (κ2) is 8.39. The van der Waals surface area contributed by atoms with E-state index in [4.69, 9.17) is 9.47 Å². The lowest BCUT2D eigenvalue weighted by atomic mass is 10.2. The number of rotatable bonds is 5. The molecule has 0 radical (unpaired) electrons. The van der Waals surface area contributed by atoms with E-state index >= 15 is 0 Å². The van der Waals surface area contributed by atoms with Crippen molar-refractivity contribution >= 4 is 29.5 Å². The van der Waals surface area contributed by atoms with Gasteiger partial charge in [0, 0.05) is 30.6 Å². The summed E-state index contributed by atoms with van der Waals surface area (Å²) in [7, 11) is 3.29. The Balaban J connectivity index is 2.07. The summed E-state index contributed by atoms with van der Waals surface area (Å²) in [4.78, 5) is 24.1. The quantitative estimate of drug-likeness (QED) is 0.784. The van der Waals surface area contributed by atoms with Crippen LogP contribution >= 0.6 is 0 Å². The van der Waals surface area contributed by atoms with E-state index in [-0.39, 0.29) is 5.91 Å². The highest BCUT2D eigenvalue weighted by atomic mass is 16.6. The van der Waals surface area contributed by atoms with Gasteiger partial charge in [0.25, 0.3) is 0 Å². The monoisotopic (exact) mass is 372 g/mol. The van der Waals surface area contributed by atoms with Gasteiger partial charge >= 0.3 is 6.09 Å². The fourth-order valence-corrected chi connectivity index (χ4v) is 2.18. The normalized spacial score (nSPS) is 11.3. The molecule has 0 aliphatic carbocycles. The molecule has 8 nitrogen and oxygen atoms in total. The van der Waals surface area contributed by atoms with Crippen molar-refractivity contribution in [3.8, 4) is 5.75 Å². The van der Waals surface area contributed by atoms with E-state index in [1.807, 2.05) is 0 Å². The SMILES string of the molecule is COc1ccc(NC(=O)/C=C/c2cnn(C)c2)cc1NC(=O)OC(C)(C)C. The molecule has 2 N–H and O–H groups in total. The van der Waals surface area contributed by atoms with Crippen LogP contribution in [0.1, 0.15) is 26.3 Å². The van der Waals surface area contributed by atoms with E-state index in [0.717, 1.165) is 5.56 Å². The Hall–Kier alpha value is -3.29. The summed E-state index contributed by atoms with van der Waals surface area (Å²) in [5.41, 5.74) is 1.08. The molecule has 2 rings (SSSR count). The number of carbonyl (C=O) groups excluding carboxylic acids is 2. The van der Waals surface area contributed by atoms with E-state index in [0.29, 0.717) is 17.1 Å². The third-order valence-electron chi connectivity index (χ3n) is 3.25. The standard InChI is InChI=1S/C19H24N4O4/c1-19(2,3)27-18(25)22-15-10-14(7-8-16(15)26-5)21-17(24)9-6-13-11-20-23(4)12-13/h6-12H,1-5H3,(H,21,24)(H,22,25)/b9-6+. The van der Waals surface area contributed by atoms with Gasteiger partial charge < -0.3 is 14.8 Å². The summed E-state index contributed by atoms with van der Waals surface area (Å²) in [6, 6.07) is 4.92. The van der Waals surface area contributed by atoms with Crippen LogP contribution in [0, 0.1) is 0 Å². The van der Waals surface area contributed by atoms with Crippen LogP contribution in [0.25, 0.3) is 6.08 Å². The predicted octanol–water partition coefficient (Wildman–Crippen LogP) is 3.43. The van der Waals surface area contributed by atoms with Gasteiger partial charge in [-0.05, 0) is 45.0 Å². The van der Waals surface area contributed by atoms with Crippen molar-refractivity contribution in [1.82, 2.24) is 9.78 Å². The molecule has 27 heavy (non-hydrogen) atoms. The molecule has 0 fully saturated rings. The van der Waals surface area contributed by atoms with E-state index in [9.17, 15) is 9.59 Å². The maximum absolute atomic E-state index is 12.1. The van der Waals surface area contributed by atoms with Crippen LogP contribution in [0.5, 0.6) is 5.75 Å². The second-order valence-electron chi connectivity index (χ2n) is 6.81. The van der Waals surface area contributed by atoms with Gasteiger partial charge in [-0.15, -0.1) is 0 Å². The van der Waals surface area contributed by atoms with Crippen LogP contribution in [-0.2, 0) is 16.6 Å². The first kappa shape index (κ1) is 20.0. The van der Waals surface area contributed by atoms with Crippen molar-refractivity contribution < 1.29 is 19.1 Å². The topological polar surface area (TPSA) is 94.5 Å². The number of aromatic nitrogens is 2. The van der Waals surface area contributed by atoms with Gasteiger partial charge in [0.15, 0.2) is 0 Å². The van der Waals surface area contributed by atoms with Crippen LogP contribution in [0.3, 0.4) is 0 Å². The first-order valence-corrected chi connectivity index (χ1v) is 8.32. The van der Waals surface area contributed by atoms with E-state index in [2.05, 4.69) is 15.7 Å². The molecule has 0 bridgehead atoms. The minimum Gasteiger partial charge on any atom is -0.495 e. The number of hydrogen-bond acceptors (Lipinski definition) is 5. The summed E-state index contributed by atoms with van der Waals surface area (Å²) < 4.78 is 12.1. The third kappa shape index (κ3) is 6.50. The number of ether oxygens (including phenoxy) is 2. The molecule has 8 heteroatoms. The Labute approximate surface area is 158 Å². The number of hydrogen-bond donors (Lipinski definition) is 2. The Bertz CT molecular complexity index is 850. The molecular formula is C19H24N4O4. The van der Waals surface area contributed by atoms with Crippen LogP contribution in [0.2, 0.25) is 0 Å². The minimum atomic E-state index is -0.625. The molecule has 0 unspecified atom stereocenters. The number of methoxy groups -OCH3 is 1. The molecule has 1 aromatic carbocycles. The van der Waals surface area contributed by atoms with Crippen molar-refractivity contribution in [3.63, 3.8) is 0 Å². The molecule has 0 saturated heterocycles. The number of anilines is 2. The smallest absolute Gasteiger partial charge is 0.412 e. The number of nitrogens with one attached hydrogen (secondary N) is 2. The fraction of sp³-hybridized carbons (Fsp3) is 0.316. The lowest BCUT2D eigenvalue weighted by molar-refractivity contribution is -0.111. The van der Waals surface area contributed by atoms with Crippen molar-refractivity contribution in [2.45, 2.75) is 26.4 Å². The summed E-state index contributed by atoms with van der Waals surface area (Å²) in [5, 5.41) is 9.39. The van der Waals surface area contributed by atoms with E-state index < -0.39 is 11.7 Å². The summed E-state index contributed by atoms with van der Waals surface area (Å²) in [6.45, 7) is 5.32. The molecule has 0 aliphatic heterocycles. The number of aryl methyl sites for hydroxylation is 1. The van der Waals surface area contributed by atoms with Gasteiger partial charge in [0.05, 0.1) is 19.0 Å². The zero-order valence-electron chi connectivity index (χ0n) is 16.1. The van der Waals surface area contributed by atoms with Gasteiger partial charge in [-0.1, -0.05) is 0 Å². The van der Waals surface area contributed by atoms with Gasteiger partial charge in [-0.3, -0.25) is 14.8 Å². The largest absolute Gasteiger partial charge is 0.495 e. The predicted molar refractivity (Wildman–Crippen MR) is 104 cm³/mol. The van der Waals surface area contributed by atoms with Gasteiger partial charge in [-0.2, -0.15) is 5.10 Å². The van der Waals surface area contributed by atoms with E-state index in [1.165, 1.54) is 13.2 Å². The zero-order valence-corrected chi connectivity index (χ0v) is 16.1.